The SMILES string of the molecule is C[C@@H](Nc1nc(N)ncc1Br)c1nc2cccc(Cl)c2c(=O)n1-c1ccccc1. The van der Waals surface area contributed by atoms with E-state index in [0.717, 1.165) is 0 Å². The number of para-hydroxylation sites is 1. The van der Waals surface area contributed by atoms with Gasteiger partial charge in [0.25, 0.3) is 5.56 Å². The van der Waals surface area contributed by atoms with Gasteiger partial charge >= 0.3 is 0 Å². The number of benzene rings is 2. The Morgan fingerprint density at radius 2 is 1.90 bits per heavy atom. The van der Waals surface area contributed by atoms with Crippen molar-refractivity contribution in [2.45, 2.75) is 13.0 Å². The molecular formula is C20H16BrClN6O. The lowest BCUT2D eigenvalue weighted by Crippen LogP contribution is -2.27. The summed E-state index contributed by atoms with van der Waals surface area (Å²) in [6.45, 7) is 1.89. The Bertz CT molecular complexity index is 1260. The molecule has 146 valence electrons. The Morgan fingerprint density at radius 3 is 2.66 bits per heavy atom. The molecule has 0 radical (unpaired) electrons. The minimum Gasteiger partial charge on any atom is -0.368 e. The number of nitrogens with zero attached hydrogens (tertiary/aromatic N) is 4. The molecule has 0 amide bonds. The van der Waals surface area contributed by atoms with Crippen molar-refractivity contribution >= 4 is 50.2 Å². The summed E-state index contributed by atoms with van der Waals surface area (Å²) in [4.78, 5) is 26.3. The minimum absolute atomic E-state index is 0.140. The van der Waals surface area contributed by atoms with Crippen LogP contribution in [-0.4, -0.2) is 19.5 Å². The number of rotatable bonds is 4. The molecule has 9 heteroatoms. The summed E-state index contributed by atoms with van der Waals surface area (Å²) in [6, 6.07) is 14.2. The summed E-state index contributed by atoms with van der Waals surface area (Å²) in [7, 11) is 0. The second kappa shape index (κ2) is 7.81. The second-order valence-electron chi connectivity index (χ2n) is 6.37. The molecule has 4 rings (SSSR count). The fourth-order valence-corrected chi connectivity index (χ4v) is 3.63. The van der Waals surface area contributed by atoms with Crippen LogP contribution in [0.5, 0.6) is 0 Å². The number of hydrogen-bond donors (Lipinski definition) is 2. The predicted octanol–water partition coefficient (Wildman–Crippen LogP) is 4.35. The Balaban J connectivity index is 1.93. The first kappa shape index (κ1) is 19.4. The highest BCUT2D eigenvalue weighted by molar-refractivity contribution is 9.10. The topological polar surface area (TPSA) is 98.7 Å². The van der Waals surface area contributed by atoms with Gasteiger partial charge in [-0.25, -0.2) is 9.97 Å². The van der Waals surface area contributed by atoms with E-state index in [1.165, 1.54) is 0 Å². The van der Waals surface area contributed by atoms with Crippen LogP contribution in [0.1, 0.15) is 18.8 Å². The van der Waals surface area contributed by atoms with Gasteiger partial charge in [-0.15, -0.1) is 0 Å². The van der Waals surface area contributed by atoms with E-state index in [1.807, 2.05) is 37.3 Å². The fraction of sp³-hybridized carbons (Fsp3) is 0.100. The summed E-state index contributed by atoms with van der Waals surface area (Å²) in [5.41, 5.74) is 6.69. The van der Waals surface area contributed by atoms with E-state index >= 15 is 0 Å². The summed E-state index contributed by atoms with van der Waals surface area (Å²) < 4.78 is 2.21. The van der Waals surface area contributed by atoms with Gasteiger partial charge in [0.05, 0.1) is 32.1 Å². The van der Waals surface area contributed by atoms with Gasteiger partial charge in [-0.05, 0) is 47.1 Å². The maximum absolute atomic E-state index is 13.4. The molecule has 0 bridgehead atoms. The van der Waals surface area contributed by atoms with Crippen molar-refractivity contribution in [2.75, 3.05) is 11.1 Å². The molecule has 3 N–H and O–H groups in total. The standard InChI is InChI=1S/C20H16BrClN6O/c1-11(25-17-13(21)10-24-20(23)27-17)18-26-15-9-5-8-14(22)16(15)19(29)28(18)12-6-3-2-4-7-12/h2-11H,1H3,(H3,23,24,25,27)/t11-/m1/s1. The Kier molecular flexibility index (Phi) is 5.21. The van der Waals surface area contributed by atoms with Crippen molar-refractivity contribution in [3.63, 3.8) is 0 Å². The zero-order valence-electron chi connectivity index (χ0n) is 15.3. The van der Waals surface area contributed by atoms with Gasteiger partial charge in [0.2, 0.25) is 5.95 Å². The zero-order chi connectivity index (χ0) is 20.5. The molecule has 0 aliphatic heterocycles. The lowest BCUT2D eigenvalue weighted by molar-refractivity contribution is 0.730. The van der Waals surface area contributed by atoms with Gasteiger partial charge in [-0.2, -0.15) is 4.98 Å². The third-order valence-electron chi connectivity index (χ3n) is 4.39. The molecule has 0 spiro atoms. The molecule has 4 aromatic rings. The maximum atomic E-state index is 13.4. The van der Waals surface area contributed by atoms with Crippen molar-refractivity contribution in [2.24, 2.45) is 0 Å². The lowest BCUT2D eigenvalue weighted by atomic mass is 10.2. The molecule has 29 heavy (non-hydrogen) atoms. The molecule has 2 aromatic heterocycles. The highest BCUT2D eigenvalue weighted by Crippen LogP contribution is 2.27. The molecule has 0 saturated carbocycles. The Hall–Kier alpha value is -2.97. The number of nitrogens with two attached hydrogens (primary N) is 1. The average molecular weight is 472 g/mol. The summed E-state index contributed by atoms with van der Waals surface area (Å²) in [5.74, 6) is 1.16. The zero-order valence-corrected chi connectivity index (χ0v) is 17.6. The number of nitrogen functional groups attached to an aromatic ring is 1. The monoisotopic (exact) mass is 470 g/mol. The largest absolute Gasteiger partial charge is 0.368 e. The number of halogens is 2. The Morgan fingerprint density at radius 1 is 1.14 bits per heavy atom. The van der Waals surface area contributed by atoms with Gasteiger partial charge in [-0.3, -0.25) is 9.36 Å². The molecular weight excluding hydrogens is 456 g/mol. The van der Waals surface area contributed by atoms with E-state index in [4.69, 9.17) is 22.3 Å². The summed E-state index contributed by atoms with van der Waals surface area (Å²) >= 11 is 9.72. The van der Waals surface area contributed by atoms with Gasteiger partial charge in [-0.1, -0.05) is 35.9 Å². The van der Waals surface area contributed by atoms with E-state index in [2.05, 4.69) is 31.2 Å². The highest BCUT2D eigenvalue weighted by Gasteiger charge is 2.20. The van der Waals surface area contributed by atoms with E-state index in [0.29, 0.717) is 37.7 Å². The van der Waals surface area contributed by atoms with E-state index in [9.17, 15) is 4.79 Å². The summed E-state index contributed by atoms with van der Waals surface area (Å²) in [6.07, 6.45) is 1.56. The van der Waals surface area contributed by atoms with E-state index in [1.54, 1.807) is 29.0 Å². The van der Waals surface area contributed by atoms with Crippen molar-refractivity contribution < 1.29 is 0 Å². The van der Waals surface area contributed by atoms with Gasteiger partial charge < -0.3 is 11.1 Å². The van der Waals surface area contributed by atoms with Crippen molar-refractivity contribution in [3.05, 3.63) is 80.4 Å². The molecule has 0 aliphatic rings. The van der Waals surface area contributed by atoms with Gasteiger partial charge in [0, 0.05) is 6.20 Å². The maximum Gasteiger partial charge on any atom is 0.267 e. The van der Waals surface area contributed by atoms with Crippen LogP contribution < -0.4 is 16.6 Å². The molecule has 1 atom stereocenters. The predicted molar refractivity (Wildman–Crippen MR) is 119 cm³/mol. The smallest absolute Gasteiger partial charge is 0.267 e. The molecule has 7 nitrogen and oxygen atoms in total. The average Bonchev–Trinajstić information content (AvgIpc) is 2.71. The molecule has 0 fully saturated rings. The first-order valence-corrected chi connectivity index (χ1v) is 9.94. The number of anilines is 2. The van der Waals surface area contributed by atoms with E-state index < -0.39 is 0 Å². The van der Waals surface area contributed by atoms with E-state index in [-0.39, 0.29) is 17.5 Å². The second-order valence-corrected chi connectivity index (χ2v) is 7.63. The summed E-state index contributed by atoms with van der Waals surface area (Å²) in [5, 5.41) is 3.99. The van der Waals surface area contributed by atoms with Crippen molar-refractivity contribution in [1.29, 1.82) is 0 Å². The van der Waals surface area contributed by atoms with Crippen LogP contribution in [0.2, 0.25) is 5.02 Å². The van der Waals surface area contributed by atoms with Crippen LogP contribution in [0.15, 0.2) is 64.0 Å². The van der Waals surface area contributed by atoms with Crippen LogP contribution in [0.25, 0.3) is 16.6 Å². The third-order valence-corrected chi connectivity index (χ3v) is 5.29. The highest BCUT2D eigenvalue weighted by atomic mass is 79.9. The van der Waals surface area contributed by atoms with Gasteiger partial charge in [0.15, 0.2) is 0 Å². The van der Waals surface area contributed by atoms with Crippen molar-refractivity contribution in [1.82, 2.24) is 19.5 Å². The van der Waals surface area contributed by atoms with Crippen LogP contribution >= 0.6 is 27.5 Å². The molecule has 0 aliphatic carbocycles. The number of nitrogens with one attached hydrogen (secondary N) is 1. The minimum atomic E-state index is -0.378. The van der Waals surface area contributed by atoms with Crippen LogP contribution in [0, 0.1) is 0 Å². The third kappa shape index (κ3) is 3.68. The Labute approximate surface area is 179 Å². The van der Waals surface area contributed by atoms with Crippen LogP contribution in [0.3, 0.4) is 0 Å². The number of fused-ring (bicyclic) bond motifs is 1. The molecule has 2 heterocycles. The van der Waals surface area contributed by atoms with Crippen LogP contribution in [-0.2, 0) is 0 Å². The molecule has 2 aromatic carbocycles. The number of hydrogen-bond acceptors (Lipinski definition) is 6. The van der Waals surface area contributed by atoms with Crippen LogP contribution in [0.4, 0.5) is 11.8 Å². The number of aromatic nitrogens is 4. The molecule has 0 unspecified atom stereocenters. The normalized spacial score (nSPS) is 12.1. The fourth-order valence-electron chi connectivity index (χ4n) is 3.08. The quantitative estimate of drug-likeness (QED) is 0.459. The lowest BCUT2D eigenvalue weighted by Gasteiger charge is -2.20. The first-order chi connectivity index (χ1) is 14.0. The molecule has 0 saturated heterocycles. The first-order valence-electron chi connectivity index (χ1n) is 8.77. The van der Waals surface area contributed by atoms with Crippen molar-refractivity contribution in [3.8, 4) is 5.69 Å². The van der Waals surface area contributed by atoms with Gasteiger partial charge in [0.1, 0.15) is 11.6 Å².